The van der Waals surface area contributed by atoms with E-state index in [4.69, 9.17) is 16.9 Å². The van der Waals surface area contributed by atoms with Gasteiger partial charge in [-0.05, 0) is 31.2 Å². The van der Waals surface area contributed by atoms with Crippen LogP contribution in [0.5, 0.6) is 0 Å². The van der Waals surface area contributed by atoms with Crippen LogP contribution in [0.15, 0.2) is 34.2 Å². The van der Waals surface area contributed by atoms with Crippen LogP contribution in [0.4, 0.5) is 0 Å². The fraction of sp³-hybridized carbons (Fsp3) is 0.167. The number of halogens is 1. The lowest BCUT2D eigenvalue weighted by Gasteiger charge is -2.04. The fourth-order valence-corrected chi connectivity index (χ4v) is 2.66. The molecule has 0 atom stereocenters. The molecule has 0 spiro atoms. The van der Waals surface area contributed by atoms with Gasteiger partial charge in [0, 0.05) is 11.9 Å². The summed E-state index contributed by atoms with van der Waals surface area (Å²) in [7, 11) is 1.90. The molecule has 0 aliphatic rings. The van der Waals surface area contributed by atoms with Crippen molar-refractivity contribution < 1.29 is 0 Å². The second-order valence-corrected chi connectivity index (χ2v) is 5.08. The maximum atomic E-state index is 8.76. The van der Waals surface area contributed by atoms with Crippen LogP contribution in [-0.4, -0.2) is 9.78 Å². The zero-order chi connectivity index (χ0) is 12.4. The summed E-state index contributed by atoms with van der Waals surface area (Å²) in [4.78, 5) is 0.925. The van der Waals surface area contributed by atoms with Crippen LogP contribution in [0, 0.1) is 18.3 Å². The van der Waals surface area contributed by atoms with Gasteiger partial charge in [-0.2, -0.15) is 10.4 Å². The van der Waals surface area contributed by atoms with Crippen molar-refractivity contribution in [2.45, 2.75) is 16.8 Å². The Morgan fingerprint density at radius 2 is 2.18 bits per heavy atom. The lowest BCUT2D eigenvalue weighted by Crippen LogP contribution is -1.92. The number of nitrogens with zero attached hydrogens (tertiary/aromatic N) is 3. The molecule has 0 unspecified atom stereocenters. The SMILES string of the molecule is Cc1cc(Sc2ccc(C#N)cc2Cl)n(C)n1. The van der Waals surface area contributed by atoms with Crippen molar-refractivity contribution in [1.82, 2.24) is 9.78 Å². The van der Waals surface area contributed by atoms with Gasteiger partial charge in [0.05, 0.1) is 27.4 Å². The molecule has 2 aromatic rings. The molecule has 0 saturated carbocycles. The first-order valence-electron chi connectivity index (χ1n) is 4.98. The number of hydrogen-bond donors (Lipinski definition) is 0. The highest BCUT2D eigenvalue weighted by Gasteiger charge is 2.08. The van der Waals surface area contributed by atoms with E-state index in [1.165, 1.54) is 11.8 Å². The molecule has 5 heteroatoms. The van der Waals surface area contributed by atoms with Crippen molar-refractivity contribution >= 4 is 23.4 Å². The minimum absolute atomic E-state index is 0.570. The summed E-state index contributed by atoms with van der Waals surface area (Å²) in [5.74, 6) is 0. The Labute approximate surface area is 109 Å². The van der Waals surface area contributed by atoms with Gasteiger partial charge in [0.2, 0.25) is 0 Å². The van der Waals surface area contributed by atoms with Gasteiger partial charge in [-0.3, -0.25) is 4.68 Å². The summed E-state index contributed by atoms with van der Waals surface area (Å²) >= 11 is 7.66. The molecule has 0 bridgehead atoms. The minimum Gasteiger partial charge on any atom is -0.262 e. The first-order valence-corrected chi connectivity index (χ1v) is 6.18. The summed E-state index contributed by atoms with van der Waals surface area (Å²) in [5, 5.41) is 14.6. The van der Waals surface area contributed by atoms with Gasteiger partial charge in [-0.25, -0.2) is 0 Å². The first kappa shape index (κ1) is 12.0. The maximum absolute atomic E-state index is 8.76. The highest BCUT2D eigenvalue weighted by atomic mass is 35.5. The van der Waals surface area contributed by atoms with Crippen LogP contribution >= 0.6 is 23.4 Å². The standard InChI is InChI=1S/C12H10ClN3S/c1-8-5-12(16(2)15-8)17-11-4-3-9(7-14)6-10(11)13/h3-6H,1-2H3. The van der Waals surface area contributed by atoms with Gasteiger partial charge in [0.25, 0.3) is 0 Å². The Balaban J connectivity index is 2.31. The Kier molecular flexibility index (Phi) is 3.41. The Hall–Kier alpha value is -1.44. The molecular formula is C12H10ClN3S. The Morgan fingerprint density at radius 1 is 1.41 bits per heavy atom. The molecule has 0 fully saturated rings. The number of aromatic nitrogens is 2. The quantitative estimate of drug-likeness (QED) is 0.834. The Bertz CT molecular complexity index is 598. The van der Waals surface area contributed by atoms with Gasteiger partial charge in [0.15, 0.2) is 0 Å². The third-order valence-corrected chi connectivity index (χ3v) is 3.83. The molecule has 1 heterocycles. The first-order chi connectivity index (χ1) is 8.10. The van der Waals surface area contributed by atoms with E-state index in [1.54, 1.807) is 12.1 Å². The molecule has 0 amide bonds. The summed E-state index contributed by atoms with van der Waals surface area (Å²) in [6.45, 7) is 1.95. The molecule has 1 aromatic carbocycles. The molecule has 0 radical (unpaired) electrons. The van der Waals surface area contributed by atoms with Crippen molar-refractivity contribution in [3.63, 3.8) is 0 Å². The van der Waals surface area contributed by atoms with Crippen LogP contribution in [0.1, 0.15) is 11.3 Å². The van der Waals surface area contributed by atoms with Crippen molar-refractivity contribution in [1.29, 1.82) is 5.26 Å². The minimum atomic E-state index is 0.570. The predicted molar refractivity (Wildman–Crippen MR) is 68.2 cm³/mol. The average Bonchev–Trinajstić information content (AvgIpc) is 2.60. The number of rotatable bonds is 2. The van der Waals surface area contributed by atoms with Gasteiger partial charge >= 0.3 is 0 Å². The second kappa shape index (κ2) is 4.82. The van der Waals surface area contributed by atoms with E-state index < -0.39 is 0 Å². The molecule has 0 saturated heterocycles. The van der Waals surface area contributed by atoms with Gasteiger partial charge in [0.1, 0.15) is 0 Å². The zero-order valence-electron chi connectivity index (χ0n) is 9.44. The lowest BCUT2D eigenvalue weighted by molar-refractivity contribution is 0.692. The molecular weight excluding hydrogens is 254 g/mol. The van der Waals surface area contributed by atoms with Crippen LogP contribution < -0.4 is 0 Å². The van der Waals surface area contributed by atoms with Crippen molar-refractivity contribution in [3.8, 4) is 6.07 Å². The predicted octanol–water partition coefficient (Wildman–Crippen LogP) is 3.40. The topological polar surface area (TPSA) is 41.6 Å². The monoisotopic (exact) mass is 263 g/mol. The van der Waals surface area contributed by atoms with Crippen LogP contribution in [-0.2, 0) is 7.05 Å². The second-order valence-electron chi connectivity index (χ2n) is 3.61. The molecule has 86 valence electrons. The maximum Gasteiger partial charge on any atom is 0.0992 e. The van der Waals surface area contributed by atoms with Gasteiger partial charge < -0.3 is 0 Å². The summed E-state index contributed by atoms with van der Waals surface area (Å²) in [6.07, 6.45) is 0. The van der Waals surface area contributed by atoms with E-state index in [2.05, 4.69) is 11.2 Å². The molecule has 17 heavy (non-hydrogen) atoms. The fourth-order valence-electron chi connectivity index (χ4n) is 1.45. The molecule has 1 aromatic heterocycles. The molecule has 0 aliphatic carbocycles. The smallest absolute Gasteiger partial charge is 0.0992 e. The van der Waals surface area contributed by atoms with E-state index >= 15 is 0 Å². The van der Waals surface area contributed by atoms with E-state index in [1.807, 2.05) is 30.8 Å². The molecule has 2 rings (SSSR count). The Morgan fingerprint density at radius 3 is 2.71 bits per heavy atom. The van der Waals surface area contributed by atoms with Crippen LogP contribution in [0.25, 0.3) is 0 Å². The lowest BCUT2D eigenvalue weighted by atomic mass is 10.2. The summed E-state index contributed by atoms with van der Waals surface area (Å²) in [5.41, 5.74) is 1.54. The number of aryl methyl sites for hydroxylation is 2. The van der Waals surface area contributed by atoms with E-state index in [9.17, 15) is 0 Å². The normalized spacial score (nSPS) is 10.2. The van der Waals surface area contributed by atoms with Crippen molar-refractivity contribution in [3.05, 3.63) is 40.5 Å². The van der Waals surface area contributed by atoms with Crippen molar-refractivity contribution in [2.75, 3.05) is 0 Å². The molecule has 0 aliphatic heterocycles. The zero-order valence-corrected chi connectivity index (χ0v) is 11.0. The highest BCUT2D eigenvalue weighted by molar-refractivity contribution is 7.99. The van der Waals surface area contributed by atoms with Gasteiger partial charge in [-0.1, -0.05) is 23.4 Å². The average molecular weight is 264 g/mol. The third-order valence-electron chi connectivity index (χ3n) is 2.23. The third kappa shape index (κ3) is 2.63. The number of benzene rings is 1. The van der Waals surface area contributed by atoms with Gasteiger partial charge in [-0.15, -0.1) is 0 Å². The molecule has 0 N–H and O–H groups in total. The molecule has 3 nitrogen and oxygen atoms in total. The van der Waals surface area contributed by atoms with E-state index in [0.717, 1.165) is 15.6 Å². The van der Waals surface area contributed by atoms with Crippen LogP contribution in [0.3, 0.4) is 0 Å². The van der Waals surface area contributed by atoms with Crippen LogP contribution in [0.2, 0.25) is 5.02 Å². The summed E-state index contributed by atoms with van der Waals surface area (Å²) < 4.78 is 1.81. The highest BCUT2D eigenvalue weighted by Crippen LogP contribution is 2.33. The number of nitriles is 1. The number of hydrogen-bond acceptors (Lipinski definition) is 3. The summed E-state index contributed by atoms with van der Waals surface area (Å²) in [6, 6.07) is 9.35. The largest absolute Gasteiger partial charge is 0.262 e. The van der Waals surface area contributed by atoms with E-state index in [-0.39, 0.29) is 0 Å². The van der Waals surface area contributed by atoms with E-state index in [0.29, 0.717) is 10.6 Å². The van der Waals surface area contributed by atoms with Crippen molar-refractivity contribution in [2.24, 2.45) is 7.05 Å².